The Morgan fingerprint density at radius 2 is 2.17 bits per heavy atom. The van der Waals surface area contributed by atoms with Crippen molar-refractivity contribution < 1.29 is 14.6 Å². The van der Waals surface area contributed by atoms with Gasteiger partial charge in [0.25, 0.3) is 0 Å². The van der Waals surface area contributed by atoms with Crippen LogP contribution in [0.15, 0.2) is 0 Å². The van der Waals surface area contributed by atoms with E-state index in [1.54, 1.807) is 0 Å². The van der Waals surface area contributed by atoms with E-state index < -0.39 is 5.79 Å². The maximum atomic E-state index is 9.15. The lowest BCUT2D eigenvalue weighted by atomic mass is 10.1. The van der Waals surface area contributed by atoms with Crippen molar-refractivity contribution in [2.45, 2.75) is 26.1 Å². The lowest BCUT2D eigenvalue weighted by Crippen LogP contribution is -2.29. The third kappa shape index (κ3) is 1.26. The van der Waals surface area contributed by atoms with Gasteiger partial charge in [-0.25, -0.2) is 0 Å². The fourth-order valence-electron chi connectivity index (χ4n) is 1.74. The zero-order chi connectivity index (χ0) is 8.82. The summed E-state index contributed by atoms with van der Waals surface area (Å²) in [6.45, 7) is 5.44. The summed E-state index contributed by atoms with van der Waals surface area (Å²) in [5.41, 5.74) is 0.0355. The zero-order valence-corrected chi connectivity index (χ0v) is 7.67. The molecule has 70 valence electrons. The van der Waals surface area contributed by atoms with Gasteiger partial charge in [0.05, 0.1) is 19.8 Å². The first-order valence-electron chi connectivity index (χ1n) is 4.47. The van der Waals surface area contributed by atoms with Crippen molar-refractivity contribution in [3.05, 3.63) is 0 Å². The molecule has 3 heteroatoms. The first kappa shape index (κ1) is 8.48. The number of hydrogen-bond donors (Lipinski definition) is 1. The Morgan fingerprint density at radius 3 is 2.83 bits per heavy atom. The molecular formula is C9H16O3. The molecule has 0 aromatic rings. The van der Waals surface area contributed by atoms with Crippen LogP contribution in [-0.4, -0.2) is 30.7 Å². The number of aliphatic hydroxyl groups is 1. The number of hydrogen-bond acceptors (Lipinski definition) is 3. The molecule has 1 aliphatic heterocycles. The highest BCUT2D eigenvalue weighted by atomic mass is 16.7. The van der Waals surface area contributed by atoms with Crippen LogP contribution >= 0.6 is 0 Å². The lowest BCUT2D eigenvalue weighted by Gasteiger charge is -2.24. The van der Waals surface area contributed by atoms with Crippen molar-refractivity contribution >= 4 is 0 Å². The Labute approximate surface area is 72.7 Å². The molecular weight excluding hydrogens is 156 g/mol. The van der Waals surface area contributed by atoms with Gasteiger partial charge in [-0.1, -0.05) is 0 Å². The molecule has 0 bridgehead atoms. The van der Waals surface area contributed by atoms with Crippen LogP contribution in [-0.2, 0) is 9.47 Å². The minimum absolute atomic E-state index is 0.0355. The molecule has 0 amide bonds. The van der Waals surface area contributed by atoms with Crippen LogP contribution in [0.1, 0.15) is 20.3 Å². The van der Waals surface area contributed by atoms with Crippen LogP contribution in [0.25, 0.3) is 0 Å². The van der Waals surface area contributed by atoms with Crippen LogP contribution in [0.3, 0.4) is 0 Å². The molecule has 2 fully saturated rings. The van der Waals surface area contributed by atoms with E-state index in [0.29, 0.717) is 12.5 Å². The largest absolute Gasteiger partial charge is 0.396 e. The fraction of sp³-hybridized carbons (Fsp3) is 1.00. The monoisotopic (exact) mass is 172 g/mol. The van der Waals surface area contributed by atoms with E-state index in [9.17, 15) is 0 Å². The molecule has 12 heavy (non-hydrogen) atoms. The second kappa shape index (κ2) is 2.44. The topological polar surface area (TPSA) is 38.7 Å². The molecule has 1 N–H and O–H groups in total. The minimum atomic E-state index is -0.463. The van der Waals surface area contributed by atoms with Crippen LogP contribution in [0, 0.1) is 11.3 Å². The van der Waals surface area contributed by atoms with Gasteiger partial charge in [-0.05, 0) is 26.2 Å². The molecule has 3 nitrogen and oxygen atoms in total. The summed E-state index contributed by atoms with van der Waals surface area (Å²) < 4.78 is 11.1. The van der Waals surface area contributed by atoms with Gasteiger partial charge in [-0.2, -0.15) is 0 Å². The summed E-state index contributed by atoms with van der Waals surface area (Å²) in [7, 11) is 0. The molecule has 2 unspecified atom stereocenters. The molecule has 2 aliphatic rings. The Balaban J connectivity index is 2.02. The molecule has 2 atom stereocenters. The molecule has 0 spiro atoms. The van der Waals surface area contributed by atoms with Crippen molar-refractivity contribution in [2.24, 2.45) is 11.3 Å². The second-order valence-electron chi connectivity index (χ2n) is 4.42. The maximum Gasteiger partial charge on any atom is 0.162 e. The van der Waals surface area contributed by atoms with E-state index in [2.05, 4.69) is 0 Å². The summed E-state index contributed by atoms with van der Waals surface area (Å²) in [4.78, 5) is 0. The normalized spacial score (nSPS) is 44.8. The molecule has 1 heterocycles. The van der Waals surface area contributed by atoms with Crippen LogP contribution in [0.5, 0.6) is 0 Å². The average Bonchev–Trinajstić information content (AvgIpc) is 2.73. The van der Waals surface area contributed by atoms with Crippen LogP contribution in [0.2, 0.25) is 0 Å². The average molecular weight is 172 g/mol. The third-order valence-corrected chi connectivity index (χ3v) is 3.01. The molecule has 1 saturated heterocycles. The highest BCUT2D eigenvalue weighted by molar-refractivity contribution is 5.03. The Kier molecular flexibility index (Phi) is 1.72. The Hall–Kier alpha value is -0.120. The predicted octanol–water partition coefficient (Wildman–Crippen LogP) is 0.768. The third-order valence-electron chi connectivity index (χ3n) is 3.01. The van der Waals surface area contributed by atoms with E-state index in [1.165, 1.54) is 0 Å². The fourth-order valence-corrected chi connectivity index (χ4v) is 1.74. The van der Waals surface area contributed by atoms with E-state index in [0.717, 1.165) is 13.0 Å². The Morgan fingerprint density at radius 1 is 1.42 bits per heavy atom. The predicted molar refractivity (Wildman–Crippen MR) is 43.6 cm³/mol. The summed E-state index contributed by atoms with van der Waals surface area (Å²) in [5, 5.41) is 9.15. The smallest absolute Gasteiger partial charge is 0.162 e. The molecule has 1 aliphatic carbocycles. The van der Waals surface area contributed by atoms with Crippen molar-refractivity contribution in [1.29, 1.82) is 0 Å². The van der Waals surface area contributed by atoms with Gasteiger partial charge in [0.2, 0.25) is 0 Å². The number of aliphatic hydroxyl groups excluding tert-OH is 1. The van der Waals surface area contributed by atoms with E-state index >= 15 is 0 Å². The summed E-state index contributed by atoms with van der Waals surface area (Å²) in [5.74, 6) is 0.0551. The van der Waals surface area contributed by atoms with E-state index in [1.807, 2.05) is 13.8 Å². The van der Waals surface area contributed by atoms with Crippen LogP contribution in [0.4, 0.5) is 0 Å². The zero-order valence-electron chi connectivity index (χ0n) is 7.67. The highest BCUT2D eigenvalue weighted by Gasteiger charge is 2.56. The number of fused-ring (bicyclic) bond motifs is 1. The quantitative estimate of drug-likeness (QED) is 0.635. The summed E-state index contributed by atoms with van der Waals surface area (Å²) in [6.07, 6.45) is 1.06. The minimum Gasteiger partial charge on any atom is -0.396 e. The highest BCUT2D eigenvalue weighted by Crippen LogP contribution is 2.54. The second-order valence-corrected chi connectivity index (χ2v) is 4.42. The van der Waals surface area contributed by atoms with Gasteiger partial charge >= 0.3 is 0 Å². The first-order valence-corrected chi connectivity index (χ1v) is 4.47. The number of ether oxygens (including phenoxy) is 2. The van der Waals surface area contributed by atoms with Gasteiger partial charge < -0.3 is 14.6 Å². The van der Waals surface area contributed by atoms with Crippen molar-refractivity contribution in [3.8, 4) is 0 Å². The van der Waals surface area contributed by atoms with Crippen molar-refractivity contribution in [3.63, 3.8) is 0 Å². The molecule has 0 aromatic heterocycles. The van der Waals surface area contributed by atoms with E-state index in [-0.39, 0.29) is 12.0 Å². The Bertz CT molecular complexity index is 190. The maximum absolute atomic E-state index is 9.15. The van der Waals surface area contributed by atoms with Crippen molar-refractivity contribution in [2.75, 3.05) is 19.8 Å². The molecule has 2 rings (SSSR count). The van der Waals surface area contributed by atoms with Crippen LogP contribution < -0.4 is 0 Å². The summed E-state index contributed by atoms with van der Waals surface area (Å²) >= 11 is 0. The SMILES string of the molecule is CC1(C)OCC2CC2(CO)CO1. The van der Waals surface area contributed by atoms with Gasteiger partial charge in [0.15, 0.2) is 5.79 Å². The van der Waals surface area contributed by atoms with Gasteiger partial charge in [-0.3, -0.25) is 0 Å². The van der Waals surface area contributed by atoms with Gasteiger partial charge in [0, 0.05) is 5.41 Å². The molecule has 1 saturated carbocycles. The van der Waals surface area contributed by atoms with E-state index in [4.69, 9.17) is 14.6 Å². The first-order chi connectivity index (χ1) is 5.58. The van der Waals surface area contributed by atoms with Crippen molar-refractivity contribution in [1.82, 2.24) is 0 Å². The van der Waals surface area contributed by atoms with Gasteiger partial charge in [-0.15, -0.1) is 0 Å². The lowest BCUT2D eigenvalue weighted by molar-refractivity contribution is -0.209. The standard InChI is InChI=1S/C9H16O3/c1-8(2)11-4-7-3-9(7,5-10)6-12-8/h7,10H,3-6H2,1-2H3. The molecule has 0 radical (unpaired) electrons. The molecule has 0 aromatic carbocycles. The number of rotatable bonds is 1. The van der Waals surface area contributed by atoms with Gasteiger partial charge in [0.1, 0.15) is 0 Å². The summed E-state index contributed by atoms with van der Waals surface area (Å²) in [6, 6.07) is 0.